The van der Waals surface area contributed by atoms with E-state index in [1.807, 2.05) is 53.4 Å². The number of hydrogen-bond donors (Lipinski definition) is 0. The van der Waals surface area contributed by atoms with Crippen LogP contribution < -0.4 is 5.56 Å². The van der Waals surface area contributed by atoms with Gasteiger partial charge in [-0.15, -0.1) is 0 Å². The Morgan fingerprint density at radius 1 is 0.967 bits per heavy atom. The summed E-state index contributed by atoms with van der Waals surface area (Å²) < 4.78 is 1.61. The molecule has 30 heavy (non-hydrogen) atoms. The number of carbonyl (C=O) groups is 1. The molecule has 2 aromatic carbocycles. The van der Waals surface area contributed by atoms with Crippen molar-refractivity contribution in [2.75, 3.05) is 18.8 Å². The zero-order valence-corrected chi connectivity index (χ0v) is 18.9. The second kappa shape index (κ2) is 9.94. The summed E-state index contributed by atoms with van der Waals surface area (Å²) in [6, 6.07) is 16.8. The maximum absolute atomic E-state index is 13.2. The van der Waals surface area contributed by atoms with Crippen molar-refractivity contribution in [1.82, 2.24) is 14.5 Å². The van der Waals surface area contributed by atoms with Gasteiger partial charge in [0.15, 0.2) is 5.16 Å². The summed E-state index contributed by atoms with van der Waals surface area (Å²) in [6.45, 7) is 9.93. The van der Waals surface area contributed by atoms with Crippen LogP contribution in [0, 0.1) is 11.8 Å². The molecular formula is C24H29N3O2S. The number of amides is 1. The van der Waals surface area contributed by atoms with E-state index >= 15 is 0 Å². The maximum atomic E-state index is 13.2. The second-order valence-corrected chi connectivity index (χ2v) is 9.21. The third kappa shape index (κ3) is 5.30. The van der Waals surface area contributed by atoms with E-state index in [-0.39, 0.29) is 17.2 Å². The molecule has 0 aliphatic carbocycles. The van der Waals surface area contributed by atoms with Crippen LogP contribution in [-0.2, 0) is 4.79 Å². The molecule has 0 saturated carbocycles. The molecule has 0 spiro atoms. The van der Waals surface area contributed by atoms with Crippen LogP contribution in [0.25, 0.3) is 16.6 Å². The van der Waals surface area contributed by atoms with Crippen molar-refractivity contribution >= 4 is 28.6 Å². The normalized spacial score (nSPS) is 11.4. The van der Waals surface area contributed by atoms with Crippen LogP contribution in [-0.4, -0.2) is 39.2 Å². The van der Waals surface area contributed by atoms with Crippen molar-refractivity contribution in [1.29, 1.82) is 0 Å². The first-order valence-electron chi connectivity index (χ1n) is 10.3. The zero-order chi connectivity index (χ0) is 21.7. The van der Waals surface area contributed by atoms with Gasteiger partial charge in [0.05, 0.1) is 22.3 Å². The number of fused-ring (bicyclic) bond motifs is 1. The van der Waals surface area contributed by atoms with Crippen molar-refractivity contribution < 1.29 is 4.79 Å². The third-order valence-electron chi connectivity index (χ3n) is 4.61. The van der Waals surface area contributed by atoms with Gasteiger partial charge in [-0.25, -0.2) is 4.98 Å². The van der Waals surface area contributed by atoms with E-state index in [4.69, 9.17) is 4.98 Å². The zero-order valence-electron chi connectivity index (χ0n) is 18.0. The Labute approximate surface area is 182 Å². The predicted molar refractivity (Wildman–Crippen MR) is 124 cm³/mol. The van der Waals surface area contributed by atoms with Gasteiger partial charge in [0.1, 0.15) is 0 Å². The first-order chi connectivity index (χ1) is 14.4. The van der Waals surface area contributed by atoms with E-state index in [2.05, 4.69) is 27.7 Å². The fourth-order valence-corrected chi connectivity index (χ4v) is 4.31. The van der Waals surface area contributed by atoms with Gasteiger partial charge in [-0.2, -0.15) is 0 Å². The Morgan fingerprint density at radius 3 is 2.20 bits per heavy atom. The van der Waals surface area contributed by atoms with Crippen molar-refractivity contribution in [3.63, 3.8) is 0 Å². The fourth-order valence-electron chi connectivity index (χ4n) is 3.39. The molecule has 0 unspecified atom stereocenters. The third-order valence-corrected chi connectivity index (χ3v) is 5.53. The molecule has 0 saturated heterocycles. The molecule has 1 amide bonds. The number of rotatable bonds is 8. The first-order valence-corrected chi connectivity index (χ1v) is 11.3. The van der Waals surface area contributed by atoms with Gasteiger partial charge in [-0.1, -0.05) is 69.8 Å². The summed E-state index contributed by atoms with van der Waals surface area (Å²) in [5.74, 6) is 1.12. The number of aromatic nitrogens is 2. The minimum Gasteiger partial charge on any atom is -0.341 e. The highest BCUT2D eigenvalue weighted by molar-refractivity contribution is 7.99. The predicted octanol–water partition coefficient (Wildman–Crippen LogP) is 4.62. The lowest BCUT2D eigenvalue weighted by molar-refractivity contribution is -0.129. The molecule has 1 heterocycles. The monoisotopic (exact) mass is 423 g/mol. The van der Waals surface area contributed by atoms with Crippen LogP contribution in [0.3, 0.4) is 0 Å². The van der Waals surface area contributed by atoms with E-state index in [9.17, 15) is 9.59 Å². The summed E-state index contributed by atoms with van der Waals surface area (Å²) in [5.41, 5.74) is 1.27. The van der Waals surface area contributed by atoms with Gasteiger partial charge in [0.2, 0.25) is 5.91 Å². The number of carbonyl (C=O) groups excluding carboxylic acids is 1. The minimum absolute atomic E-state index is 0.0735. The Bertz CT molecular complexity index is 1050. The van der Waals surface area contributed by atoms with Gasteiger partial charge in [-0.3, -0.25) is 14.2 Å². The highest BCUT2D eigenvalue weighted by atomic mass is 32.2. The minimum atomic E-state index is -0.122. The molecule has 1 aromatic heterocycles. The fraction of sp³-hybridized carbons (Fsp3) is 0.375. The lowest BCUT2D eigenvalue weighted by Gasteiger charge is -2.26. The van der Waals surface area contributed by atoms with Gasteiger partial charge < -0.3 is 4.90 Å². The van der Waals surface area contributed by atoms with E-state index in [1.165, 1.54) is 11.8 Å². The molecule has 0 radical (unpaired) electrons. The molecule has 0 aliphatic rings. The van der Waals surface area contributed by atoms with Gasteiger partial charge in [0, 0.05) is 13.1 Å². The molecule has 0 fully saturated rings. The van der Waals surface area contributed by atoms with Gasteiger partial charge in [-0.05, 0) is 36.1 Å². The summed E-state index contributed by atoms with van der Waals surface area (Å²) >= 11 is 1.32. The quantitative estimate of drug-likeness (QED) is 0.392. The number of benzene rings is 2. The van der Waals surface area contributed by atoms with E-state index in [1.54, 1.807) is 10.6 Å². The standard InChI is InChI=1S/C24H29N3O2S/c1-17(2)14-26(15-18(3)4)22(28)16-30-24-25-21-13-9-8-12-20(21)23(29)27(24)19-10-6-5-7-11-19/h5-13,17-18H,14-16H2,1-4H3. The van der Waals surface area contributed by atoms with Crippen molar-refractivity contribution in [3.8, 4) is 5.69 Å². The van der Waals surface area contributed by atoms with Crippen LogP contribution in [0.2, 0.25) is 0 Å². The smallest absolute Gasteiger partial charge is 0.266 e. The van der Waals surface area contributed by atoms with Gasteiger partial charge >= 0.3 is 0 Å². The lowest BCUT2D eigenvalue weighted by Crippen LogP contribution is -2.38. The Kier molecular flexibility index (Phi) is 7.32. The SMILES string of the molecule is CC(C)CN(CC(C)C)C(=O)CSc1nc2ccccc2c(=O)n1-c1ccccc1. The average Bonchev–Trinajstić information content (AvgIpc) is 2.71. The summed E-state index contributed by atoms with van der Waals surface area (Å²) in [5, 5.41) is 1.10. The number of nitrogens with zero attached hydrogens (tertiary/aromatic N) is 3. The van der Waals surface area contributed by atoms with E-state index < -0.39 is 0 Å². The van der Waals surface area contributed by atoms with Crippen LogP contribution in [0.1, 0.15) is 27.7 Å². The largest absolute Gasteiger partial charge is 0.341 e. The van der Waals surface area contributed by atoms with Gasteiger partial charge in [0.25, 0.3) is 5.56 Å². The number of hydrogen-bond acceptors (Lipinski definition) is 4. The van der Waals surface area contributed by atoms with E-state index in [0.29, 0.717) is 27.9 Å². The molecule has 3 rings (SSSR count). The molecule has 0 bridgehead atoms. The molecule has 0 atom stereocenters. The maximum Gasteiger partial charge on any atom is 0.266 e. The molecule has 5 nitrogen and oxygen atoms in total. The molecule has 0 N–H and O–H groups in total. The molecule has 158 valence electrons. The van der Waals surface area contributed by atoms with Crippen LogP contribution in [0.5, 0.6) is 0 Å². The second-order valence-electron chi connectivity index (χ2n) is 8.26. The topological polar surface area (TPSA) is 55.2 Å². The Morgan fingerprint density at radius 2 is 1.57 bits per heavy atom. The number of para-hydroxylation sites is 2. The van der Waals surface area contributed by atoms with E-state index in [0.717, 1.165) is 18.8 Å². The average molecular weight is 424 g/mol. The number of thioether (sulfide) groups is 1. The summed E-state index contributed by atoms with van der Waals surface area (Å²) in [7, 11) is 0. The van der Waals surface area contributed by atoms with Crippen LogP contribution in [0.4, 0.5) is 0 Å². The molecule has 6 heteroatoms. The van der Waals surface area contributed by atoms with Crippen molar-refractivity contribution in [2.24, 2.45) is 11.8 Å². The molecule has 0 aliphatic heterocycles. The van der Waals surface area contributed by atoms with Crippen molar-refractivity contribution in [2.45, 2.75) is 32.9 Å². The van der Waals surface area contributed by atoms with Crippen molar-refractivity contribution in [3.05, 3.63) is 65.0 Å². The Balaban J connectivity index is 1.95. The molecule has 3 aromatic rings. The van der Waals surface area contributed by atoms with Crippen LogP contribution in [0.15, 0.2) is 64.5 Å². The highest BCUT2D eigenvalue weighted by Crippen LogP contribution is 2.22. The highest BCUT2D eigenvalue weighted by Gasteiger charge is 2.19. The summed E-state index contributed by atoms with van der Waals surface area (Å²) in [4.78, 5) is 32.9. The molecular weight excluding hydrogens is 394 g/mol. The first kappa shape index (κ1) is 22.1. The van der Waals surface area contributed by atoms with Crippen LogP contribution >= 0.6 is 11.8 Å². The lowest BCUT2D eigenvalue weighted by atomic mass is 10.1. The Hall–Kier alpha value is -2.60. The summed E-state index contributed by atoms with van der Waals surface area (Å²) in [6.07, 6.45) is 0.